The highest BCUT2D eigenvalue weighted by Crippen LogP contribution is 2.53. The zero-order valence-electron chi connectivity index (χ0n) is 14.9. The van der Waals surface area contributed by atoms with E-state index in [1.54, 1.807) is 0 Å². The van der Waals surface area contributed by atoms with Gasteiger partial charge in [0.2, 0.25) is 0 Å². The van der Waals surface area contributed by atoms with Crippen LogP contribution in [0.1, 0.15) is 73.1 Å². The molecule has 2 fully saturated rings. The predicted octanol–water partition coefficient (Wildman–Crippen LogP) is 5.39. The van der Waals surface area contributed by atoms with Gasteiger partial charge in [-0.05, 0) is 65.7 Å². The number of hydrogen-bond donors (Lipinski definition) is 0. The van der Waals surface area contributed by atoms with E-state index in [-0.39, 0.29) is 17.5 Å². The highest BCUT2D eigenvalue weighted by Gasteiger charge is 2.57. The van der Waals surface area contributed by atoms with Gasteiger partial charge in [0.1, 0.15) is 0 Å². The fraction of sp³-hybridized carbons (Fsp3) is 0.800. The van der Waals surface area contributed by atoms with Crippen molar-refractivity contribution < 1.29 is 9.47 Å². The summed E-state index contributed by atoms with van der Waals surface area (Å²) < 4.78 is 13.0. The van der Waals surface area contributed by atoms with Gasteiger partial charge in [-0.1, -0.05) is 30.2 Å². The van der Waals surface area contributed by atoms with Crippen LogP contribution in [0.5, 0.6) is 0 Å². The maximum Gasteiger partial charge on any atom is 0.172 e. The van der Waals surface area contributed by atoms with E-state index in [4.69, 9.17) is 9.47 Å². The van der Waals surface area contributed by atoms with Crippen LogP contribution < -0.4 is 0 Å². The fourth-order valence-corrected chi connectivity index (χ4v) is 4.46. The Morgan fingerprint density at radius 2 is 1.86 bits per heavy atom. The lowest BCUT2D eigenvalue weighted by atomic mass is 9.81. The molecule has 3 rings (SSSR count). The average molecular weight is 304 g/mol. The van der Waals surface area contributed by atoms with Gasteiger partial charge in [-0.25, -0.2) is 0 Å². The maximum atomic E-state index is 6.58. The Labute approximate surface area is 136 Å². The number of fused-ring (bicyclic) bond motifs is 1. The molecule has 3 aliphatic rings. The Morgan fingerprint density at radius 3 is 2.55 bits per heavy atom. The molecule has 4 atom stereocenters. The molecule has 124 valence electrons. The molecule has 2 nitrogen and oxygen atoms in total. The second kappa shape index (κ2) is 5.79. The van der Waals surface area contributed by atoms with Crippen LogP contribution in [-0.2, 0) is 9.47 Å². The predicted molar refractivity (Wildman–Crippen MR) is 90.6 cm³/mol. The van der Waals surface area contributed by atoms with E-state index in [0.717, 1.165) is 25.7 Å². The molecule has 0 saturated carbocycles. The second-order valence-corrected chi connectivity index (χ2v) is 8.35. The quantitative estimate of drug-likeness (QED) is 0.559. The molecule has 0 aromatic rings. The van der Waals surface area contributed by atoms with E-state index in [1.807, 2.05) is 0 Å². The lowest BCUT2D eigenvalue weighted by molar-refractivity contribution is -0.245. The van der Waals surface area contributed by atoms with Crippen LogP contribution in [-0.4, -0.2) is 17.5 Å². The molecule has 0 N–H and O–H groups in total. The first-order valence-electron chi connectivity index (χ1n) is 9.02. The molecule has 0 aromatic heterocycles. The monoisotopic (exact) mass is 304 g/mol. The third kappa shape index (κ3) is 3.05. The van der Waals surface area contributed by atoms with E-state index < -0.39 is 0 Å². The number of ether oxygens (including phenoxy) is 2. The third-order valence-electron chi connectivity index (χ3n) is 5.97. The van der Waals surface area contributed by atoms with Gasteiger partial charge < -0.3 is 9.47 Å². The summed E-state index contributed by atoms with van der Waals surface area (Å²) >= 11 is 0. The van der Waals surface area contributed by atoms with Gasteiger partial charge in [0.15, 0.2) is 5.79 Å². The molecule has 4 unspecified atom stereocenters. The van der Waals surface area contributed by atoms with Crippen molar-refractivity contribution in [1.29, 1.82) is 0 Å². The van der Waals surface area contributed by atoms with Gasteiger partial charge in [-0.2, -0.15) is 0 Å². The molecule has 2 saturated heterocycles. The SMILES string of the molecule is CC1=CC2OC3(CCC(C)(C)O3)C(C)C2CCC(C)=CCC1. The molecule has 0 bridgehead atoms. The minimum atomic E-state index is -0.346. The number of allylic oxidation sites excluding steroid dienone is 3. The molecule has 0 aromatic carbocycles. The normalized spacial score (nSPS) is 42.0. The van der Waals surface area contributed by atoms with Crippen molar-refractivity contribution in [2.24, 2.45) is 11.8 Å². The number of hydrogen-bond acceptors (Lipinski definition) is 2. The molecule has 1 aliphatic carbocycles. The molecular formula is C20H32O2. The van der Waals surface area contributed by atoms with Crippen molar-refractivity contribution in [3.05, 3.63) is 23.3 Å². The zero-order chi connectivity index (χ0) is 16.0. The molecular weight excluding hydrogens is 272 g/mol. The van der Waals surface area contributed by atoms with Gasteiger partial charge in [0, 0.05) is 12.3 Å². The summed E-state index contributed by atoms with van der Waals surface area (Å²) in [6.07, 6.45) is 11.9. The third-order valence-corrected chi connectivity index (χ3v) is 5.97. The van der Waals surface area contributed by atoms with Crippen LogP contribution >= 0.6 is 0 Å². The maximum absolute atomic E-state index is 6.58. The van der Waals surface area contributed by atoms with E-state index in [0.29, 0.717) is 11.8 Å². The minimum Gasteiger partial charge on any atom is -0.344 e. The van der Waals surface area contributed by atoms with Crippen molar-refractivity contribution >= 4 is 0 Å². The van der Waals surface area contributed by atoms with Gasteiger partial charge in [-0.3, -0.25) is 0 Å². The van der Waals surface area contributed by atoms with E-state index >= 15 is 0 Å². The van der Waals surface area contributed by atoms with Gasteiger partial charge in [-0.15, -0.1) is 0 Å². The molecule has 1 spiro atoms. The summed E-state index contributed by atoms with van der Waals surface area (Å²) in [5.41, 5.74) is 2.95. The highest BCUT2D eigenvalue weighted by molar-refractivity contribution is 5.13. The average Bonchev–Trinajstić information content (AvgIpc) is 2.86. The largest absolute Gasteiger partial charge is 0.344 e. The van der Waals surface area contributed by atoms with Crippen LogP contribution in [0.2, 0.25) is 0 Å². The first-order chi connectivity index (χ1) is 10.3. The number of rotatable bonds is 0. The van der Waals surface area contributed by atoms with Gasteiger partial charge in [0.25, 0.3) is 0 Å². The summed E-state index contributed by atoms with van der Waals surface area (Å²) in [5, 5.41) is 0. The summed E-state index contributed by atoms with van der Waals surface area (Å²) in [6, 6.07) is 0. The Bertz CT molecular complexity index is 488. The first-order valence-corrected chi connectivity index (χ1v) is 9.02. The summed E-state index contributed by atoms with van der Waals surface area (Å²) in [7, 11) is 0. The summed E-state index contributed by atoms with van der Waals surface area (Å²) in [6.45, 7) is 11.3. The molecule has 2 aliphatic heterocycles. The molecule has 22 heavy (non-hydrogen) atoms. The molecule has 2 heteroatoms. The van der Waals surface area contributed by atoms with Crippen LogP contribution in [0.25, 0.3) is 0 Å². The topological polar surface area (TPSA) is 18.5 Å². The van der Waals surface area contributed by atoms with Crippen molar-refractivity contribution in [1.82, 2.24) is 0 Å². The summed E-state index contributed by atoms with van der Waals surface area (Å²) in [4.78, 5) is 0. The lowest BCUT2D eigenvalue weighted by Crippen LogP contribution is -2.37. The van der Waals surface area contributed by atoms with Gasteiger partial charge in [0.05, 0.1) is 11.7 Å². The molecule has 2 heterocycles. The summed E-state index contributed by atoms with van der Waals surface area (Å²) in [5.74, 6) is 0.697. The van der Waals surface area contributed by atoms with E-state index in [2.05, 4.69) is 46.8 Å². The second-order valence-electron chi connectivity index (χ2n) is 8.35. The Kier molecular flexibility index (Phi) is 4.28. The highest BCUT2D eigenvalue weighted by atomic mass is 16.7. The minimum absolute atomic E-state index is 0.0454. The first kappa shape index (κ1) is 16.3. The van der Waals surface area contributed by atoms with Crippen molar-refractivity contribution in [3.63, 3.8) is 0 Å². The fourth-order valence-electron chi connectivity index (χ4n) is 4.46. The molecule has 0 amide bonds. The zero-order valence-corrected chi connectivity index (χ0v) is 14.9. The molecule has 0 radical (unpaired) electrons. The van der Waals surface area contributed by atoms with Crippen molar-refractivity contribution in [2.75, 3.05) is 0 Å². The standard InChI is InChI=1S/C20H32O2/c1-14-7-6-8-15(2)13-18-17(10-9-14)16(3)20(21-18)12-11-19(4,5)22-20/h7,13,16-18H,6,8-12H2,1-5H3. The Balaban J connectivity index is 1.87. The van der Waals surface area contributed by atoms with Crippen LogP contribution in [0.15, 0.2) is 23.3 Å². The van der Waals surface area contributed by atoms with E-state index in [1.165, 1.54) is 24.0 Å². The van der Waals surface area contributed by atoms with E-state index in [9.17, 15) is 0 Å². The smallest absolute Gasteiger partial charge is 0.172 e. The lowest BCUT2D eigenvalue weighted by Gasteiger charge is -2.31. The van der Waals surface area contributed by atoms with Crippen molar-refractivity contribution in [2.45, 2.75) is 90.6 Å². The van der Waals surface area contributed by atoms with Crippen LogP contribution in [0.3, 0.4) is 0 Å². The Morgan fingerprint density at radius 1 is 1.09 bits per heavy atom. The van der Waals surface area contributed by atoms with Crippen molar-refractivity contribution in [3.8, 4) is 0 Å². The van der Waals surface area contributed by atoms with Crippen LogP contribution in [0.4, 0.5) is 0 Å². The van der Waals surface area contributed by atoms with Gasteiger partial charge >= 0.3 is 0 Å². The van der Waals surface area contributed by atoms with Crippen LogP contribution in [0, 0.1) is 11.8 Å². The Hall–Kier alpha value is -0.600.